The van der Waals surface area contributed by atoms with E-state index in [4.69, 9.17) is 5.73 Å². The largest absolute Gasteiger partial charge is 0.337 e. The number of rotatable bonds is 3. The molecule has 2 aromatic rings. The summed E-state index contributed by atoms with van der Waals surface area (Å²) in [6.07, 6.45) is 5.79. The Morgan fingerprint density at radius 2 is 2.20 bits per heavy atom. The second-order valence-electron chi connectivity index (χ2n) is 3.51. The smallest absolute Gasteiger partial charge is 0.138 e. The molecule has 2 heterocycles. The van der Waals surface area contributed by atoms with E-state index in [1.807, 2.05) is 24.9 Å². The fourth-order valence-electron chi connectivity index (χ4n) is 1.53. The lowest BCUT2D eigenvalue weighted by Crippen LogP contribution is -2.19. The molecule has 6 nitrogen and oxygen atoms in total. The average Bonchev–Trinajstić information content (AvgIpc) is 2.76. The molecule has 0 aromatic carbocycles. The van der Waals surface area contributed by atoms with Gasteiger partial charge in [-0.1, -0.05) is 0 Å². The quantitative estimate of drug-likeness (QED) is 0.754. The van der Waals surface area contributed by atoms with E-state index >= 15 is 0 Å². The highest BCUT2D eigenvalue weighted by atomic mass is 15.3. The lowest BCUT2D eigenvalue weighted by molar-refractivity contribution is 0.586. The molecule has 6 heteroatoms. The summed E-state index contributed by atoms with van der Waals surface area (Å²) in [6.45, 7) is 0. The van der Waals surface area contributed by atoms with Crippen molar-refractivity contribution in [3.63, 3.8) is 0 Å². The van der Waals surface area contributed by atoms with Crippen molar-refractivity contribution in [3.05, 3.63) is 30.4 Å². The molecule has 0 saturated heterocycles. The van der Waals surface area contributed by atoms with E-state index < -0.39 is 0 Å². The first kappa shape index (κ1) is 9.85. The molecule has 2 aromatic heterocycles. The van der Waals surface area contributed by atoms with Crippen LogP contribution in [0.1, 0.15) is 17.7 Å². The van der Waals surface area contributed by atoms with Crippen LogP contribution in [-0.2, 0) is 20.5 Å². The van der Waals surface area contributed by atoms with Gasteiger partial charge in [-0.2, -0.15) is 5.10 Å². The molecule has 2 rings (SSSR count). The third-order valence-corrected chi connectivity index (χ3v) is 2.40. The average molecular weight is 206 g/mol. The summed E-state index contributed by atoms with van der Waals surface area (Å²) in [6, 6.07) is -0.145. The Morgan fingerprint density at radius 3 is 2.73 bits per heavy atom. The fraction of sp³-hybridized carbons (Fsp3) is 0.444. The van der Waals surface area contributed by atoms with Crippen LogP contribution in [0.4, 0.5) is 0 Å². The van der Waals surface area contributed by atoms with Gasteiger partial charge in [0.2, 0.25) is 0 Å². The zero-order valence-corrected chi connectivity index (χ0v) is 8.83. The van der Waals surface area contributed by atoms with Crippen LogP contribution in [-0.4, -0.2) is 24.3 Å². The van der Waals surface area contributed by atoms with Crippen molar-refractivity contribution in [2.45, 2.75) is 12.5 Å². The van der Waals surface area contributed by atoms with Crippen LogP contribution in [0.15, 0.2) is 18.7 Å². The van der Waals surface area contributed by atoms with Crippen LogP contribution in [0.25, 0.3) is 0 Å². The Hall–Kier alpha value is -1.69. The third-order valence-electron chi connectivity index (χ3n) is 2.40. The number of hydrogen-bond acceptors (Lipinski definition) is 4. The first-order valence-electron chi connectivity index (χ1n) is 4.74. The monoisotopic (exact) mass is 206 g/mol. The van der Waals surface area contributed by atoms with E-state index in [0.717, 1.165) is 11.6 Å². The number of hydrogen-bond donors (Lipinski definition) is 1. The first-order valence-corrected chi connectivity index (χ1v) is 4.74. The molecule has 0 amide bonds. The molecule has 0 radical (unpaired) electrons. The number of aromatic nitrogens is 5. The number of nitrogens with zero attached hydrogens (tertiary/aromatic N) is 5. The van der Waals surface area contributed by atoms with Gasteiger partial charge in [-0.15, -0.1) is 0 Å². The van der Waals surface area contributed by atoms with E-state index in [1.165, 1.54) is 6.33 Å². The van der Waals surface area contributed by atoms with Crippen molar-refractivity contribution in [3.8, 4) is 0 Å². The topological polar surface area (TPSA) is 74.6 Å². The Balaban J connectivity index is 2.14. The fourth-order valence-corrected chi connectivity index (χ4v) is 1.53. The highest BCUT2D eigenvalue weighted by Gasteiger charge is 2.14. The van der Waals surface area contributed by atoms with Gasteiger partial charge in [0, 0.05) is 32.9 Å². The Morgan fingerprint density at radius 1 is 1.40 bits per heavy atom. The van der Waals surface area contributed by atoms with Crippen molar-refractivity contribution in [1.29, 1.82) is 0 Å². The van der Waals surface area contributed by atoms with Crippen molar-refractivity contribution in [1.82, 2.24) is 24.3 Å². The van der Waals surface area contributed by atoms with Gasteiger partial charge in [-0.05, 0) is 0 Å². The lowest BCUT2D eigenvalue weighted by atomic mass is 10.2. The van der Waals surface area contributed by atoms with E-state index in [1.54, 1.807) is 10.9 Å². The predicted octanol–water partition coefficient (Wildman–Crippen LogP) is -0.209. The molecule has 1 atom stereocenters. The van der Waals surface area contributed by atoms with Gasteiger partial charge in [0.25, 0.3) is 0 Å². The van der Waals surface area contributed by atoms with E-state index in [0.29, 0.717) is 6.42 Å². The summed E-state index contributed by atoms with van der Waals surface area (Å²) >= 11 is 0. The van der Waals surface area contributed by atoms with Crippen LogP contribution >= 0.6 is 0 Å². The molecule has 0 saturated carbocycles. The standard InChI is InChI=1S/C9H14N6/c1-14-4-3-11-9(14)7(10)5-8-12-6-13-15(8)2/h3-4,6-7H,5,10H2,1-2H3. The molecular formula is C9H14N6. The van der Waals surface area contributed by atoms with Crippen molar-refractivity contribution >= 4 is 0 Å². The molecule has 0 spiro atoms. The van der Waals surface area contributed by atoms with Crippen LogP contribution in [0.2, 0.25) is 0 Å². The van der Waals surface area contributed by atoms with Crippen LogP contribution in [0.3, 0.4) is 0 Å². The second kappa shape index (κ2) is 3.82. The maximum Gasteiger partial charge on any atom is 0.138 e. The van der Waals surface area contributed by atoms with Gasteiger partial charge in [0.15, 0.2) is 0 Å². The zero-order valence-electron chi connectivity index (χ0n) is 8.83. The molecule has 0 bridgehead atoms. The summed E-state index contributed by atoms with van der Waals surface area (Å²) in [5.41, 5.74) is 6.04. The SMILES string of the molecule is Cn1ccnc1C(N)Cc1ncnn1C. The zero-order chi connectivity index (χ0) is 10.8. The Labute approximate surface area is 87.8 Å². The maximum absolute atomic E-state index is 6.04. The maximum atomic E-state index is 6.04. The third kappa shape index (κ3) is 1.89. The molecule has 0 aliphatic carbocycles. The molecule has 15 heavy (non-hydrogen) atoms. The van der Waals surface area contributed by atoms with E-state index in [2.05, 4.69) is 15.1 Å². The van der Waals surface area contributed by atoms with Crippen molar-refractivity contribution in [2.75, 3.05) is 0 Å². The highest BCUT2D eigenvalue weighted by molar-refractivity contribution is 5.01. The second-order valence-corrected chi connectivity index (χ2v) is 3.51. The molecular weight excluding hydrogens is 192 g/mol. The minimum absolute atomic E-state index is 0.145. The van der Waals surface area contributed by atoms with Gasteiger partial charge in [-0.25, -0.2) is 9.97 Å². The van der Waals surface area contributed by atoms with Crippen LogP contribution < -0.4 is 5.73 Å². The van der Waals surface area contributed by atoms with E-state index in [9.17, 15) is 0 Å². The highest BCUT2D eigenvalue weighted by Crippen LogP contribution is 2.11. The van der Waals surface area contributed by atoms with Gasteiger partial charge in [0.1, 0.15) is 18.0 Å². The van der Waals surface area contributed by atoms with Gasteiger partial charge < -0.3 is 10.3 Å². The molecule has 0 aliphatic rings. The van der Waals surface area contributed by atoms with Crippen molar-refractivity contribution < 1.29 is 0 Å². The summed E-state index contributed by atoms with van der Waals surface area (Å²) in [5, 5.41) is 4.00. The predicted molar refractivity (Wildman–Crippen MR) is 54.8 cm³/mol. The number of aryl methyl sites for hydroxylation is 2. The van der Waals surface area contributed by atoms with Gasteiger partial charge in [-0.3, -0.25) is 4.68 Å². The summed E-state index contributed by atoms with van der Waals surface area (Å²) < 4.78 is 3.64. The molecule has 80 valence electrons. The lowest BCUT2D eigenvalue weighted by Gasteiger charge is -2.10. The minimum atomic E-state index is -0.145. The molecule has 0 aliphatic heterocycles. The molecule has 2 N–H and O–H groups in total. The number of imidazole rings is 1. The van der Waals surface area contributed by atoms with E-state index in [-0.39, 0.29) is 6.04 Å². The van der Waals surface area contributed by atoms with Crippen LogP contribution in [0, 0.1) is 0 Å². The number of nitrogens with two attached hydrogens (primary N) is 1. The van der Waals surface area contributed by atoms with Crippen LogP contribution in [0.5, 0.6) is 0 Å². The van der Waals surface area contributed by atoms with Gasteiger partial charge in [0.05, 0.1) is 6.04 Å². The minimum Gasteiger partial charge on any atom is -0.337 e. The summed E-state index contributed by atoms with van der Waals surface area (Å²) in [5.74, 6) is 1.73. The summed E-state index contributed by atoms with van der Waals surface area (Å²) in [7, 11) is 3.78. The molecule has 0 fully saturated rings. The summed E-state index contributed by atoms with van der Waals surface area (Å²) in [4.78, 5) is 8.34. The molecule has 1 unspecified atom stereocenters. The van der Waals surface area contributed by atoms with Crippen molar-refractivity contribution in [2.24, 2.45) is 19.8 Å². The van der Waals surface area contributed by atoms with Gasteiger partial charge >= 0.3 is 0 Å². The normalized spacial score (nSPS) is 13.0. The first-order chi connectivity index (χ1) is 7.18. The Kier molecular flexibility index (Phi) is 2.51. The Bertz CT molecular complexity index is 443.